The maximum absolute atomic E-state index is 12.4. The fourth-order valence-electron chi connectivity index (χ4n) is 2.55. The maximum Gasteiger partial charge on any atom is 0.269 e. The summed E-state index contributed by atoms with van der Waals surface area (Å²) in [4.78, 5) is 14.5. The lowest BCUT2D eigenvalue weighted by Crippen LogP contribution is -2.34. The molecule has 0 unspecified atom stereocenters. The first kappa shape index (κ1) is 17.8. The SMILES string of the molecule is CN(C)[C@@H](CNC(=O)c1cc(-c2ccc(Br)cc2)n[nH]1)c1ccsc1. The van der Waals surface area contributed by atoms with Crippen molar-refractivity contribution in [3.05, 3.63) is 62.9 Å². The number of amides is 1. The lowest BCUT2D eigenvalue weighted by atomic mass is 10.1. The summed E-state index contributed by atoms with van der Waals surface area (Å²) in [5, 5.41) is 14.2. The Morgan fingerprint density at radius 3 is 2.72 bits per heavy atom. The van der Waals surface area contributed by atoms with Crippen LogP contribution in [-0.2, 0) is 0 Å². The summed E-state index contributed by atoms with van der Waals surface area (Å²) < 4.78 is 1.01. The second-order valence-corrected chi connectivity index (χ2v) is 7.62. The number of halogens is 1. The van der Waals surface area contributed by atoms with E-state index in [1.807, 2.05) is 43.7 Å². The number of carbonyl (C=O) groups is 1. The third kappa shape index (κ3) is 4.36. The predicted molar refractivity (Wildman–Crippen MR) is 105 cm³/mol. The molecule has 0 bridgehead atoms. The summed E-state index contributed by atoms with van der Waals surface area (Å²) in [6, 6.07) is 11.8. The molecule has 2 heterocycles. The Morgan fingerprint density at radius 1 is 1.32 bits per heavy atom. The van der Waals surface area contributed by atoms with Gasteiger partial charge in [0.25, 0.3) is 5.91 Å². The van der Waals surface area contributed by atoms with E-state index in [1.54, 1.807) is 17.4 Å². The standard InChI is InChI=1S/C18H19BrN4OS/c1-23(2)17(13-7-8-25-11-13)10-20-18(24)16-9-15(21-22-16)12-3-5-14(19)6-4-12/h3-9,11,17H,10H2,1-2H3,(H,20,24)(H,21,22)/t17-/m0/s1. The number of hydrogen-bond acceptors (Lipinski definition) is 4. The molecule has 1 amide bonds. The molecular formula is C18H19BrN4OS. The second-order valence-electron chi connectivity index (χ2n) is 5.92. The smallest absolute Gasteiger partial charge is 0.269 e. The van der Waals surface area contributed by atoms with Gasteiger partial charge < -0.3 is 10.2 Å². The molecule has 25 heavy (non-hydrogen) atoms. The van der Waals surface area contributed by atoms with Gasteiger partial charge in [-0.25, -0.2) is 0 Å². The Kier molecular flexibility index (Phi) is 5.67. The van der Waals surface area contributed by atoms with Gasteiger partial charge in [0.1, 0.15) is 5.69 Å². The Balaban J connectivity index is 1.66. The highest BCUT2D eigenvalue weighted by molar-refractivity contribution is 9.10. The van der Waals surface area contributed by atoms with Crippen molar-refractivity contribution in [3.8, 4) is 11.3 Å². The molecule has 2 N–H and O–H groups in total. The van der Waals surface area contributed by atoms with Crippen LogP contribution in [0, 0.1) is 0 Å². The molecule has 0 radical (unpaired) electrons. The van der Waals surface area contributed by atoms with Crippen LogP contribution in [0.3, 0.4) is 0 Å². The van der Waals surface area contributed by atoms with E-state index in [0.29, 0.717) is 12.2 Å². The van der Waals surface area contributed by atoms with Gasteiger partial charge in [-0.2, -0.15) is 16.4 Å². The van der Waals surface area contributed by atoms with E-state index in [4.69, 9.17) is 0 Å². The topological polar surface area (TPSA) is 61.0 Å². The largest absolute Gasteiger partial charge is 0.349 e. The van der Waals surface area contributed by atoms with Gasteiger partial charge in [-0.3, -0.25) is 9.89 Å². The summed E-state index contributed by atoms with van der Waals surface area (Å²) in [7, 11) is 4.02. The highest BCUT2D eigenvalue weighted by Crippen LogP contribution is 2.22. The number of aromatic nitrogens is 2. The first-order valence-corrected chi connectivity index (χ1v) is 9.56. The van der Waals surface area contributed by atoms with Crippen LogP contribution in [0.2, 0.25) is 0 Å². The Labute approximate surface area is 159 Å². The minimum Gasteiger partial charge on any atom is -0.349 e. The third-order valence-corrected chi connectivity index (χ3v) is 5.20. The molecule has 0 aliphatic rings. The number of benzene rings is 1. The van der Waals surface area contributed by atoms with Gasteiger partial charge >= 0.3 is 0 Å². The molecule has 0 aliphatic carbocycles. The van der Waals surface area contributed by atoms with E-state index in [9.17, 15) is 4.79 Å². The van der Waals surface area contributed by atoms with Crippen molar-refractivity contribution in [2.45, 2.75) is 6.04 Å². The van der Waals surface area contributed by atoms with Gasteiger partial charge in [0.2, 0.25) is 0 Å². The van der Waals surface area contributed by atoms with Crippen LogP contribution in [-0.4, -0.2) is 41.6 Å². The van der Waals surface area contributed by atoms with Crippen LogP contribution in [0.4, 0.5) is 0 Å². The maximum atomic E-state index is 12.4. The molecule has 0 spiro atoms. The van der Waals surface area contributed by atoms with Crippen molar-refractivity contribution >= 4 is 33.2 Å². The summed E-state index contributed by atoms with van der Waals surface area (Å²) in [5.41, 5.74) is 3.37. The second kappa shape index (κ2) is 7.95. The number of hydrogen-bond donors (Lipinski definition) is 2. The van der Waals surface area contributed by atoms with Gasteiger partial charge in [0, 0.05) is 16.6 Å². The number of rotatable bonds is 6. The van der Waals surface area contributed by atoms with Crippen molar-refractivity contribution in [1.29, 1.82) is 0 Å². The van der Waals surface area contributed by atoms with Crippen LogP contribution < -0.4 is 5.32 Å². The number of carbonyl (C=O) groups excluding carboxylic acids is 1. The molecule has 3 aromatic rings. The Hall–Kier alpha value is -1.96. The zero-order valence-electron chi connectivity index (χ0n) is 14.0. The van der Waals surface area contributed by atoms with Crippen molar-refractivity contribution in [2.24, 2.45) is 0 Å². The first-order chi connectivity index (χ1) is 12.0. The monoisotopic (exact) mass is 418 g/mol. The molecule has 130 valence electrons. The molecule has 3 rings (SSSR count). The summed E-state index contributed by atoms with van der Waals surface area (Å²) in [6.45, 7) is 0.537. The van der Waals surface area contributed by atoms with Crippen LogP contribution in [0.5, 0.6) is 0 Å². The van der Waals surface area contributed by atoms with E-state index in [-0.39, 0.29) is 11.9 Å². The van der Waals surface area contributed by atoms with Crippen molar-refractivity contribution in [3.63, 3.8) is 0 Å². The Bertz CT molecular complexity index is 827. The summed E-state index contributed by atoms with van der Waals surface area (Å²) in [5.74, 6) is -0.155. The fraction of sp³-hybridized carbons (Fsp3) is 0.222. The lowest BCUT2D eigenvalue weighted by Gasteiger charge is -2.23. The number of H-pyrrole nitrogens is 1. The highest BCUT2D eigenvalue weighted by Gasteiger charge is 2.17. The molecule has 7 heteroatoms. The molecule has 1 aromatic carbocycles. The fourth-order valence-corrected chi connectivity index (χ4v) is 3.53. The first-order valence-electron chi connectivity index (χ1n) is 7.82. The normalized spacial score (nSPS) is 12.3. The van der Waals surface area contributed by atoms with Crippen LogP contribution >= 0.6 is 27.3 Å². The Morgan fingerprint density at radius 2 is 2.08 bits per heavy atom. The minimum absolute atomic E-state index is 0.143. The minimum atomic E-state index is -0.155. The van der Waals surface area contributed by atoms with Gasteiger partial charge in [0.05, 0.1) is 11.7 Å². The number of thiophene rings is 1. The quantitative estimate of drug-likeness (QED) is 0.637. The summed E-state index contributed by atoms with van der Waals surface area (Å²) >= 11 is 5.07. The van der Waals surface area contributed by atoms with E-state index in [2.05, 4.69) is 47.8 Å². The van der Waals surface area contributed by atoms with E-state index < -0.39 is 0 Å². The van der Waals surface area contributed by atoms with Gasteiger partial charge in [-0.05, 0) is 54.7 Å². The van der Waals surface area contributed by atoms with Crippen LogP contribution in [0.1, 0.15) is 22.1 Å². The van der Waals surface area contributed by atoms with Crippen LogP contribution in [0.25, 0.3) is 11.3 Å². The van der Waals surface area contributed by atoms with E-state index >= 15 is 0 Å². The number of nitrogens with zero attached hydrogens (tertiary/aromatic N) is 2. The molecule has 0 fully saturated rings. The van der Waals surface area contributed by atoms with Gasteiger partial charge in [0.15, 0.2) is 0 Å². The lowest BCUT2D eigenvalue weighted by molar-refractivity contribution is 0.0937. The summed E-state index contributed by atoms with van der Waals surface area (Å²) in [6.07, 6.45) is 0. The van der Waals surface area contributed by atoms with Gasteiger partial charge in [-0.15, -0.1) is 0 Å². The molecule has 2 aromatic heterocycles. The predicted octanol–water partition coefficient (Wildman–Crippen LogP) is 3.93. The van der Waals surface area contributed by atoms with Crippen molar-refractivity contribution in [1.82, 2.24) is 20.4 Å². The average Bonchev–Trinajstić information content (AvgIpc) is 3.27. The van der Waals surface area contributed by atoms with Crippen molar-refractivity contribution < 1.29 is 4.79 Å². The van der Waals surface area contributed by atoms with E-state index in [1.165, 1.54) is 5.56 Å². The molecule has 5 nitrogen and oxygen atoms in total. The van der Waals surface area contributed by atoms with Crippen molar-refractivity contribution in [2.75, 3.05) is 20.6 Å². The zero-order valence-corrected chi connectivity index (χ0v) is 16.4. The average molecular weight is 419 g/mol. The molecule has 1 atom stereocenters. The van der Waals surface area contributed by atoms with Gasteiger partial charge in [-0.1, -0.05) is 28.1 Å². The zero-order chi connectivity index (χ0) is 17.8. The van der Waals surface area contributed by atoms with E-state index in [0.717, 1.165) is 15.7 Å². The highest BCUT2D eigenvalue weighted by atomic mass is 79.9. The molecule has 0 saturated heterocycles. The number of likely N-dealkylation sites (N-methyl/N-ethyl adjacent to an activating group) is 1. The molecular weight excluding hydrogens is 400 g/mol. The third-order valence-electron chi connectivity index (χ3n) is 3.97. The number of aromatic amines is 1. The molecule has 0 saturated carbocycles. The molecule has 0 aliphatic heterocycles. The number of nitrogens with one attached hydrogen (secondary N) is 2. The van der Waals surface area contributed by atoms with Crippen LogP contribution in [0.15, 0.2) is 51.6 Å².